The highest BCUT2D eigenvalue weighted by Crippen LogP contribution is 2.39. The van der Waals surface area contributed by atoms with Crippen LogP contribution >= 0.6 is 11.3 Å². The maximum atomic E-state index is 15.0. The molecule has 49 heavy (non-hydrogen) atoms. The topological polar surface area (TPSA) is 120 Å². The highest BCUT2D eigenvalue weighted by Gasteiger charge is 2.26. The maximum absolute atomic E-state index is 15.0. The summed E-state index contributed by atoms with van der Waals surface area (Å²) in [5.41, 5.74) is 2.03. The summed E-state index contributed by atoms with van der Waals surface area (Å²) in [5.74, 6) is -2.34. The smallest absolute Gasteiger partial charge is 0.248 e. The van der Waals surface area contributed by atoms with E-state index in [1.165, 1.54) is 34.6 Å². The first kappa shape index (κ1) is 36.4. The van der Waals surface area contributed by atoms with Crippen molar-refractivity contribution in [2.24, 2.45) is 5.92 Å². The minimum Gasteiger partial charge on any atom is -0.453 e. The maximum Gasteiger partial charge on any atom is 0.248 e. The number of hydrogen-bond acceptors (Lipinski definition) is 10. The molecular weight excluding hydrogens is 656 g/mol. The molecule has 1 aromatic carbocycles. The fourth-order valence-corrected chi connectivity index (χ4v) is 6.13. The van der Waals surface area contributed by atoms with E-state index < -0.39 is 24.1 Å². The Kier molecular flexibility index (Phi) is 13.5. The molecule has 10 nitrogen and oxygen atoms in total. The van der Waals surface area contributed by atoms with Gasteiger partial charge in [0.15, 0.2) is 11.6 Å². The van der Waals surface area contributed by atoms with Gasteiger partial charge in [0.1, 0.15) is 18.1 Å². The van der Waals surface area contributed by atoms with Crippen molar-refractivity contribution in [2.75, 3.05) is 52.8 Å². The number of amides is 1. The SMILES string of the molecule is CCCOCCOCCOCCN(Cc1ccc(-c2cc3nccc(Oc4ccc(CC(=O)CC5CC5)c(F)c4F)c3s2)nc1)C(=O)CO. The van der Waals surface area contributed by atoms with Gasteiger partial charge in [0.05, 0.1) is 53.8 Å². The predicted molar refractivity (Wildman–Crippen MR) is 181 cm³/mol. The monoisotopic (exact) mass is 697 g/mol. The molecule has 5 rings (SSSR count). The molecule has 1 saturated carbocycles. The number of carbonyl (C=O) groups is 2. The zero-order chi connectivity index (χ0) is 34.6. The number of fused-ring (bicyclic) bond motifs is 1. The van der Waals surface area contributed by atoms with E-state index >= 15 is 4.39 Å². The minimum atomic E-state index is -1.14. The van der Waals surface area contributed by atoms with Crippen LogP contribution in [-0.4, -0.2) is 84.5 Å². The fourth-order valence-electron chi connectivity index (χ4n) is 5.09. The van der Waals surface area contributed by atoms with Crippen LogP contribution in [0.3, 0.4) is 0 Å². The lowest BCUT2D eigenvalue weighted by atomic mass is 10.0. The van der Waals surface area contributed by atoms with Gasteiger partial charge in [-0.3, -0.25) is 19.6 Å². The lowest BCUT2D eigenvalue weighted by Crippen LogP contribution is -2.35. The van der Waals surface area contributed by atoms with Gasteiger partial charge in [0, 0.05) is 51.0 Å². The molecule has 0 atom stereocenters. The normalized spacial score (nSPS) is 12.8. The number of halogens is 2. The van der Waals surface area contributed by atoms with E-state index in [9.17, 15) is 19.1 Å². The number of Topliss-reactive ketones (excluding diaryl/α,β-unsaturated/α-hetero) is 1. The molecule has 3 aromatic heterocycles. The summed E-state index contributed by atoms with van der Waals surface area (Å²) >= 11 is 1.34. The Morgan fingerprint density at radius 2 is 1.69 bits per heavy atom. The summed E-state index contributed by atoms with van der Waals surface area (Å²) in [4.78, 5) is 35.8. The highest BCUT2D eigenvalue weighted by molar-refractivity contribution is 7.22. The molecule has 0 radical (unpaired) electrons. The Hall–Kier alpha value is -3.88. The van der Waals surface area contributed by atoms with Crippen molar-refractivity contribution in [3.05, 3.63) is 71.6 Å². The Morgan fingerprint density at radius 1 is 0.939 bits per heavy atom. The van der Waals surface area contributed by atoms with Crippen molar-refractivity contribution in [1.82, 2.24) is 14.9 Å². The van der Waals surface area contributed by atoms with E-state index in [4.69, 9.17) is 18.9 Å². The number of hydrogen-bond donors (Lipinski definition) is 1. The standard InChI is InChI=1S/C36H41F2N3O7S/c1-2-12-45-14-16-47-17-15-46-13-11-41(33(44)23-42)22-25-5-7-28(40-21-25)32-20-29-36(49-32)31(9-10-39-29)48-30-8-6-26(34(37)35(30)38)19-27(43)18-24-3-4-24/h5-10,20-21,24,42H,2-4,11-19,22-23H2,1H3. The first-order valence-corrected chi connectivity index (χ1v) is 17.3. The average Bonchev–Trinajstić information content (AvgIpc) is 3.81. The first-order valence-electron chi connectivity index (χ1n) is 16.5. The molecule has 0 aliphatic heterocycles. The number of rotatable bonds is 21. The van der Waals surface area contributed by atoms with E-state index in [2.05, 4.69) is 9.97 Å². The first-order chi connectivity index (χ1) is 23.9. The molecule has 1 fully saturated rings. The molecule has 13 heteroatoms. The minimum absolute atomic E-state index is 0.0191. The molecular formula is C36H41F2N3O7S. The Labute approximate surface area is 288 Å². The Morgan fingerprint density at radius 3 is 2.39 bits per heavy atom. The predicted octanol–water partition coefficient (Wildman–Crippen LogP) is 6.12. The van der Waals surface area contributed by atoms with Crippen LogP contribution in [-0.2, 0) is 36.8 Å². The van der Waals surface area contributed by atoms with Crippen LogP contribution in [0.2, 0.25) is 0 Å². The molecule has 0 saturated heterocycles. The summed E-state index contributed by atoms with van der Waals surface area (Å²) in [6.07, 6.45) is 6.43. The van der Waals surface area contributed by atoms with Crippen LogP contribution in [0, 0.1) is 17.6 Å². The van der Waals surface area contributed by atoms with Crippen molar-refractivity contribution >= 4 is 33.2 Å². The zero-order valence-corrected chi connectivity index (χ0v) is 28.3. The lowest BCUT2D eigenvalue weighted by molar-refractivity contribution is -0.135. The summed E-state index contributed by atoms with van der Waals surface area (Å²) < 4.78 is 52.8. The molecule has 1 aliphatic carbocycles. The van der Waals surface area contributed by atoms with E-state index in [1.807, 2.05) is 25.1 Å². The number of carbonyl (C=O) groups excluding carboxylic acids is 2. The average molecular weight is 698 g/mol. The van der Waals surface area contributed by atoms with Crippen molar-refractivity contribution in [1.29, 1.82) is 0 Å². The van der Waals surface area contributed by atoms with Gasteiger partial charge in [-0.05, 0) is 54.5 Å². The van der Waals surface area contributed by atoms with Crippen LogP contribution < -0.4 is 4.74 Å². The number of aliphatic hydroxyl groups excluding tert-OH is 1. The van der Waals surface area contributed by atoms with Gasteiger partial charge in [0.25, 0.3) is 0 Å². The number of thiophene rings is 1. The number of aliphatic hydroxyl groups is 1. The highest BCUT2D eigenvalue weighted by atomic mass is 32.1. The van der Waals surface area contributed by atoms with Crippen LogP contribution in [0.1, 0.15) is 43.7 Å². The number of benzene rings is 1. The van der Waals surface area contributed by atoms with E-state index in [0.29, 0.717) is 67.0 Å². The van der Waals surface area contributed by atoms with Gasteiger partial charge in [-0.1, -0.05) is 19.1 Å². The second-order valence-corrected chi connectivity index (χ2v) is 12.9. The Balaban J connectivity index is 1.18. The van der Waals surface area contributed by atoms with Crippen molar-refractivity contribution in [3.8, 4) is 22.1 Å². The van der Waals surface area contributed by atoms with Gasteiger partial charge in [-0.2, -0.15) is 4.39 Å². The largest absolute Gasteiger partial charge is 0.453 e. The number of aromatic nitrogens is 2. The molecule has 1 N–H and O–H groups in total. The lowest BCUT2D eigenvalue weighted by Gasteiger charge is -2.22. The van der Waals surface area contributed by atoms with Crippen LogP contribution in [0.15, 0.2) is 48.8 Å². The zero-order valence-electron chi connectivity index (χ0n) is 27.5. The third kappa shape index (κ3) is 10.6. The summed E-state index contributed by atoms with van der Waals surface area (Å²) in [6, 6.07) is 9.82. The molecule has 1 amide bonds. The van der Waals surface area contributed by atoms with E-state index in [-0.39, 0.29) is 43.2 Å². The second kappa shape index (κ2) is 18.2. The summed E-state index contributed by atoms with van der Waals surface area (Å²) in [7, 11) is 0. The van der Waals surface area contributed by atoms with Gasteiger partial charge in [-0.15, -0.1) is 11.3 Å². The van der Waals surface area contributed by atoms with Crippen molar-refractivity contribution < 1.29 is 42.4 Å². The van der Waals surface area contributed by atoms with Gasteiger partial charge < -0.3 is 29.0 Å². The summed E-state index contributed by atoms with van der Waals surface area (Å²) in [5, 5.41) is 9.48. The van der Waals surface area contributed by atoms with Gasteiger partial charge >= 0.3 is 0 Å². The number of nitrogens with zero attached hydrogens (tertiary/aromatic N) is 3. The van der Waals surface area contributed by atoms with Gasteiger partial charge in [0.2, 0.25) is 11.7 Å². The van der Waals surface area contributed by atoms with Crippen molar-refractivity contribution in [2.45, 2.75) is 45.6 Å². The third-order valence-electron chi connectivity index (χ3n) is 7.86. The molecule has 1 aliphatic rings. The molecule has 0 bridgehead atoms. The third-order valence-corrected chi connectivity index (χ3v) is 9.02. The number of ketones is 1. The molecule has 0 unspecified atom stereocenters. The fraction of sp³-hybridized carbons (Fsp3) is 0.444. The van der Waals surface area contributed by atoms with E-state index in [0.717, 1.165) is 29.7 Å². The summed E-state index contributed by atoms with van der Waals surface area (Å²) in [6.45, 7) is 4.78. The molecule has 262 valence electrons. The van der Waals surface area contributed by atoms with E-state index in [1.54, 1.807) is 12.3 Å². The Bertz CT molecular complexity index is 1700. The van der Waals surface area contributed by atoms with Crippen LogP contribution in [0.5, 0.6) is 11.5 Å². The molecule has 4 aromatic rings. The van der Waals surface area contributed by atoms with Crippen LogP contribution in [0.4, 0.5) is 8.78 Å². The van der Waals surface area contributed by atoms with Gasteiger partial charge in [-0.25, -0.2) is 4.39 Å². The van der Waals surface area contributed by atoms with Crippen LogP contribution in [0.25, 0.3) is 20.8 Å². The second-order valence-electron chi connectivity index (χ2n) is 11.8. The molecule has 3 heterocycles. The number of pyridine rings is 2. The van der Waals surface area contributed by atoms with Crippen molar-refractivity contribution in [3.63, 3.8) is 0 Å². The number of ether oxygens (including phenoxy) is 4. The quantitative estimate of drug-likeness (QED) is 0.103. The molecule has 0 spiro atoms.